The van der Waals surface area contributed by atoms with E-state index in [0.29, 0.717) is 35.9 Å². The average molecular weight is 869 g/mol. The highest BCUT2D eigenvalue weighted by Crippen LogP contribution is 2.34. The van der Waals surface area contributed by atoms with Gasteiger partial charge in [-0.3, -0.25) is 14.6 Å². The fourth-order valence-electron chi connectivity index (χ4n) is 6.72. The number of hydrogen-bond donors (Lipinski definition) is 3. The van der Waals surface area contributed by atoms with Crippen LogP contribution >= 0.6 is 15.9 Å². The second-order valence-corrected chi connectivity index (χ2v) is 14.5. The maximum absolute atomic E-state index is 14.5. The van der Waals surface area contributed by atoms with Gasteiger partial charge in [0.05, 0.1) is 62.8 Å². The number of ether oxygens (including phenoxy) is 2. The van der Waals surface area contributed by atoms with Crippen molar-refractivity contribution in [3.63, 3.8) is 0 Å². The van der Waals surface area contributed by atoms with Crippen LogP contribution in [0.15, 0.2) is 71.9 Å². The van der Waals surface area contributed by atoms with Gasteiger partial charge in [0.15, 0.2) is 12.5 Å². The van der Waals surface area contributed by atoms with Gasteiger partial charge in [0.1, 0.15) is 23.0 Å². The van der Waals surface area contributed by atoms with Crippen molar-refractivity contribution < 1.29 is 36.6 Å². The van der Waals surface area contributed by atoms with Gasteiger partial charge in [0.25, 0.3) is 0 Å². The monoisotopic (exact) mass is 867 g/mol. The third-order valence-corrected chi connectivity index (χ3v) is 10.3. The van der Waals surface area contributed by atoms with Gasteiger partial charge >= 0.3 is 18.0 Å². The van der Waals surface area contributed by atoms with Crippen LogP contribution in [0.25, 0.3) is 21.8 Å². The predicted octanol–water partition coefficient (Wildman–Crippen LogP) is 6.91. The van der Waals surface area contributed by atoms with Gasteiger partial charge in [-0.15, -0.1) is 0 Å². The van der Waals surface area contributed by atoms with Crippen molar-refractivity contribution in [2.45, 2.75) is 70.2 Å². The summed E-state index contributed by atoms with van der Waals surface area (Å²) in [6, 6.07) is 7.57. The highest BCUT2D eigenvalue weighted by atomic mass is 79.9. The first-order chi connectivity index (χ1) is 27.9. The summed E-state index contributed by atoms with van der Waals surface area (Å²) in [7, 11) is 0. The first-order valence-corrected chi connectivity index (χ1v) is 19.2. The molecule has 2 aliphatic rings. The Hall–Kier alpha value is -5.73. The van der Waals surface area contributed by atoms with Gasteiger partial charge in [0, 0.05) is 37.7 Å². The molecule has 0 radical (unpaired) electrons. The summed E-state index contributed by atoms with van der Waals surface area (Å²) in [5.74, 6) is -2.10. The third-order valence-electron chi connectivity index (χ3n) is 9.68. The largest absolute Gasteiger partial charge is 0.417 e. The van der Waals surface area contributed by atoms with E-state index < -0.39 is 35.6 Å². The number of halogens is 5. The van der Waals surface area contributed by atoms with Crippen LogP contribution in [0.5, 0.6) is 0 Å². The molecule has 2 fully saturated rings. The second-order valence-electron chi connectivity index (χ2n) is 13.6. The Morgan fingerprint density at radius 1 is 0.810 bits per heavy atom. The molecule has 7 heterocycles. The number of pyridine rings is 3. The van der Waals surface area contributed by atoms with Gasteiger partial charge in [-0.1, -0.05) is 18.2 Å². The van der Waals surface area contributed by atoms with Crippen LogP contribution in [-0.4, -0.2) is 64.4 Å². The molecule has 2 aliphatic heterocycles. The first-order valence-electron chi connectivity index (χ1n) is 18.4. The lowest BCUT2D eigenvalue weighted by molar-refractivity contribution is -0.144. The maximum Gasteiger partial charge on any atom is 0.417 e. The van der Waals surface area contributed by atoms with Crippen LogP contribution in [0, 0.1) is 5.82 Å². The molecule has 5 aromatic heterocycles. The number of nitrogen functional groups attached to an aromatic ring is 2. The Balaban J connectivity index is 0.000000249. The van der Waals surface area contributed by atoms with Crippen LogP contribution in [-0.2, 0) is 38.3 Å². The molecule has 2 amide bonds. The molecule has 5 N–H and O–H groups in total. The summed E-state index contributed by atoms with van der Waals surface area (Å²) in [4.78, 5) is 39.6. The number of nitrogens with zero attached hydrogens (tertiary/aromatic N) is 8. The third kappa shape index (κ3) is 8.87. The molecule has 304 valence electrons. The standard InChI is InChI=1S/C27H25F4N7O3.C11H13BrN4O/c28-20-6-2-1-5-16(20)14-37(15-18-9-8-17(11-33-18)27(29,30)31)26(40)25(39)36-21-13-34-24(32)19-12-35-38(23(19)21)22-7-3-4-10-41-22;12-8-6-14-11(13)7-5-15-16(10(7)8)9-3-1-2-4-17-9/h1-2,5-6,8-9,11-13,22H,3-4,7,10,14-15H2,(H2,32,34)(H,36,39);5-6,9H,1-4H2,(H2,13,14). The van der Waals surface area contributed by atoms with Gasteiger partial charge in [-0.05, 0) is 72.7 Å². The van der Waals surface area contributed by atoms with E-state index in [2.05, 4.69) is 46.4 Å². The van der Waals surface area contributed by atoms with Gasteiger partial charge in [-0.25, -0.2) is 23.7 Å². The molecular weight excluding hydrogens is 830 g/mol. The van der Waals surface area contributed by atoms with E-state index in [-0.39, 0.29) is 42.1 Å². The minimum absolute atomic E-state index is 0.0133. The van der Waals surface area contributed by atoms with E-state index in [1.165, 1.54) is 37.0 Å². The minimum atomic E-state index is -4.60. The van der Waals surface area contributed by atoms with Gasteiger partial charge < -0.3 is 31.2 Å². The number of amides is 2. The zero-order valence-corrected chi connectivity index (χ0v) is 32.4. The summed E-state index contributed by atoms with van der Waals surface area (Å²) in [6.45, 7) is 0.632. The van der Waals surface area contributed by atoms with Crippen molar-refractivity contribution in [1.82, 2.24) is 39.4 Å². The molecule has 58 heavy (non-hydrogen) atoms. The number of carbonyl (C=O) groups is 2. The van der Waals surface area contributed by atoms with Crippen LogP contribution < -0.4 is 16.8 Å². The Labute approximate surface area is 336 Å². The smallest absolute Gasteiger partial charge is 0.383 e. The predicted molar refractivity (Wildman–Crippen MR) is 208 cm³/mol. The highest BCUT2D eigenvalue weighted by molar-refractivity contribution is 9.10. The number of nitrogens with two attached hydrogens (primary N) is 2. The summed E-state index contributed by atoms with van der Waals surface area (Å²) in [5.41, 5.74) is 12.6. The number of fused-ring (bicyclic) bond motifs is 2. The Kier molecular flexibility index (Phi) is 12.1. The average Bonchev–Trinajstić information content (AvgIpc) is 3.89. The van der Waals surface area contributed by atoms with Gasteiger partial charge in [0.2, 0.25) is 0 Å². The molecule has 0 aliphatic carbocycles. The zero-order valence-electron chi connectivity index (χ0n) is 30.8. The van der Waals surface area contributed by atoms with E-state index in [9.17, 15) is 27.2 Å². The minimum Gasteiger partial charge on any atom is -0.383 e. The number of rotatable bonds is 7. The SMILES string of the molecule is Nc1ncc(Br)c2c1cnn2C1CCCCO1.Nc1ncc(NC(=O)C(=O)N(Cc2ccc(C(F)(F)F)cn2)Cc2ccccc2F)c2c1cnn2C1CCCCO1. The zero-order chi connectivity index (χ0) is 41.0. The quantitative estimate of drug-likeness (QED) is 0.112. The topological polar surface area (TPSA) is 194 Å². The summed E-state index contributed by atoms with van der Waals surface area (Å²) in [6.07, 6.45) is 7.68. The lowest BCUT2D eigenvalue weighted by Crippen LogP contribution is -2.39. The fourth-order valence-corrected chi connectivity index (χ4v) is 7.22. The van der Waals surface area contributed by atoms with E-state index in [1.54, 1.807) is 23.1 Å². The Morgan fingerprint density at radius 2 is 1.43 bits per heavy atom. The normalized spacial score (nSPS) is 17.1. The number of carbonyl (C=O) groups excluding carboxylic acids is 2. The number of aromatic nitrogens is 7. The molecule has 8 rings (SSSR count). The maximum atomic E-state index is 14.5. The van der Waals surface area contributed by atoms with Crippen molar-refractivity contribution in [2.24, 2.45) is 0 Å². The molecule has 2 atom stereocenters. The molecule has 0 bridgehead atoms. The van der Waals surface area contributed by atoms with Gasteiger partial charge in [-0.2, -0.15) is 23.4 Å². The van der Waals surface area contributed by atoms with E-state index >= 15 is 0 Å². The van der Waals surface area contributed by atoms with Crippen molar-refractivity contribution in [3.05, 3.63) is 94.5 Å². The molecule has 15 nitrogen and oxygen atoms in total. The van der Waals surface area contributed by atoms with E-state index in [4.69, 9.17) is 20.9 Å². The lowest BCUT2D eigenvalue weighted by Gasteiger charge is -2.24. The second kappa shape index (κ2) is 17.4. The molecule has 2 saturated heterocycles. The highest BCUT2D eigenvalue weighted by Gasteiger charge is 2.32. The Bertz CT molecular complexity index is 2410. The van der Waals surface area contributed by atoms with Crippen molar-refractivity contribution in [1.29, 1.82) is 0 Å². The molecule has 2 unspecified atom stereocenters. The van der Waals surface area contributed by atoms with Crippen molar-refractivity contribution in [2.75, 3.05) is 30.0 Å². The van der Waals surface area contributed by atoms with Crippen LogP contribution in [0.1, 0.15) is 67.8 Å². The van der Waals surface area contributed by atoms with E-state index in [1.807, 2.05) is 4.68 Å². The number of nitrogens with one attached hydrogen (secondary N) is 1. The van der Waals surface area contributed by atoms with Crippen molar-refractivity contribution in [3.8, 4) is 0 Å². The number of alkyl halides is 3. The van der Waals surface area contributed by atoms with E-state index in [0.717, 1.165) is 64.7 Å². The fraction of sp³-hybridized carbons (Fsp3) is 0.342. The lowest BCUT2D eigenvalue weighted by atomic mass is 10.1. The molecule has 6 aromatic rings. The van der Waals surface area contributed by atoms with Crippen molar-refractivity contribution >= 4 is 66.9 Å². The number of anilines is 3. The van der Waals surface area contributed by atoms with Crippen LogP contribution in [0.4, 0.5) is 34.9 Å². The summed E-state index contributed by atoms with van der Waals surface area (Å²) in [5, 5.41) is 12.6. The molecule has 0 spiro atoms. The number of hydrogen-bond acceptors (Lipinski definition) is 11. The van der Waals surface area contributed by atoms with Crippen LogP contribution in [0.2, 0.25) is 0 Å². The Morgan fingerprint density at radius 3 is 2.02 bits per heavy atom. The summed E-state index contributed by atoms with van der Waals surface area (Å²) >= 11 is 3.49. The number of benzene rings is 1. The molecule has 0 saturated carbocycles. The summed E-state index contributed by atoms with van der Waals surface area (Å²) < 4.78 is 69.4. The molecular formula is C38H38BrF4N11O4. The van der Waals surface area contributed by atoms with Crippen LogP contribution in [0.3, 0.4) is 0 Å². The molecule has 20 heteroatoms. The molecule has 1 aromatic carbocycles. The first kappa shape index (κ1) is 40.5.